The average molecular weight is 314 g/mol. The molecule has 2 atom stereocenters. The van der Waals surface area contributed by atoms with Crippen molar-refractivity contribution in [2.45, 2.75) is 43.1 Å². The van der Waals surface area contributed by atoms with E-state index >= 15 is 0 Å². The first-order chi connectivity index (χ1) is 9.21. The molecule has 1 aromatic carbocycles. The minimum absolute atomic E-state index is 0.316. The minimum atomic E-state index is -3.46. The van der Waals surface area contributed by atoms with E-state index in [1.54, 1.807) is 10.4 Å². The van der Waals surface area contributed by atoms with Crippen LogP contribution in [-0.2, 0) is 10.0 Å². The van der Waals surface area contributed by atoms with E-state index in [0.717, 1.165) is 11.1 Å². The third-order valence-electron chi connectivity index (χ3n) is 3.65. The summed E-state index contributed by atoms with van der Waals surface area (Å²) in [4.78, 5) is 0.348. The van der Waals surface area contributed by atoms with Gasteiger partial charge in [0.2, 0.25) is 10.0 Å². The topological polar surface area (TPSA) is 63.4 Å². The van der Waals surface area contributed by atoms with Gasteiger partial charge < -0.3 is 5.73 Å². The van der Waals surface area contributed by atoms with Crippen LogP contribution in [0.4, 0.5) is 5.69 Å². The lowest BCUT2D eigenvalue weighted by Gasteiger charge is -2.34. The number of thioether (sulfide) groups is 1. The van der Waals surface area contributed by atoms with Crippen LogP contribution in [0.1, 0.15) is 25.0 Å². The number of anilines is 1. The molecule has 0 saturated carbocycles. The van der Waals surface area contributed by atoms with E-state index < -0.39 is 10.0 Å². The van der Waals surface area contributed by atoms with E-state index in [0.29, 0.717) is 34.2 Å². The number of rotatable bonds is 2. The number of benzene rings is 1. The quantitative estimate of drug-likeness (QED) is 0.852. The molecule has 20 heavy (non-hydrogen) atoms. The van der Waals surface area contributed by atoms with Crippen LogP contribution >= 0.6 is 11.8 Å². The van der Waals surface area contributed by atoms with Crippen LogP contribution in [0.15, 0.2) is 17.0 Å². The van der Waals surface area contributed by atoms with Crippen LogP contribution in [-0.4, -0.2) is 36.3 Å². The molecule has 1 aliphatic heterocycles. The molecule has 1 fully saturated rings. The van der Waals surface area contributed by atoms with Crippen LogP contribution in [0.25, 0.3) is 0 Å². The highest BCUT2D eigenvalue weighted by molar-refractivity contribution is 8.00. The summed E-state index contributed by atoms with van der Waals surface area (Å²) in [6.45, 7) is 8.99. The Labute approximate surface area is 125 Å². The lowest BCUT2D eigenvalue weighted by molar-refractivity contribution is 0.404. The standard InChI is InChI=1S/C14H22N2O2S2/c1-9-5-13(15)6-14(12(9)4)20(17,18)16-7-10(2)19-11(3)8-16/h5-6,10-11H,7-8,15H2,1-4H3. The molecule has 2 rings (SSSR count). The van der Waals surface area contributed by atoms with Crippen LogP contribution in [0.3, 0.4) is 0 Å². The summed E-state index contributed by atoms with van der Waals surface area (Å²) in [6, 6.07) is 3.39. The van der Waals surface area contributed by atoms with E-state index in [2.05, 4.69) is 13.8 Å². The first-order valence-electron chi connectivity index (χ1n) is 6.74. The highest BCUT2D eigenvalue weighted by Crippen LogP contribution is 2.31. The molecule has 4 nitrogen and oxygen atoms in total. The molecule has 2 unspecified atom stereocenters. The summed E-state index contributed by atoms with van der Waals surface area (Å²) in [5, 5.41) is 0.631. The molecule has 0 bridgehead atoms. The van der Waals surface area contributed by atoms with E-state index in [9.17, 15) is 8.42 Å². The molecule has 1 aliphatic rings. The maximum absolute atomic E-state index is 12.9. The fourth-order valence-corrected chi connectivity index (χ4v) is 6.05. The summed E-state index contributed by atoms with van der Waals surface area (Å²) in [5.41, 5.74) is 8.02. The summed E-state index contributed by atoms with van der Waals surface area (Å²) in [6.07, 6.45) is 0. The van der Waals surface area contributed by atoms with Gasteiger partial charge in [-0.05, 0) is 37.1 Å². The first-order valence-corrected chi connectivity index (χ1v) is 9.12. The Kier molecular flexibility index (Phi) is 4.37. The van der Waals surface area contributed by atoms with Crippen molar-refractivity contribution < 1.29 is 8.42 Å². The van der Waals surface area contributed by atoms with Gasteiger partial charge in [0.05, 0.1) is 4.90 Å². The summed E-state index contributed by atoms with van der Waals surface area (Å²) >= 11 is 1.84. The number of aryl methyl sites for hydroxylation is 1. The van der Waals surface area contributed by atoms with Crippen LogP contribution < -0.4 is 5.73 Å². The molecule has 1 heterocycles. The van der Waals surface area contributed by atoms with Gasteiger partial charge in [-0.15, -0.1) is 0 Å². The van der Waals surface area contributed by atoms with Gasteiger partial charge in [0.1, 0.15) is 0 Å². The smallest absolute Gasteiger partial charge is 0.243 e. The number of nitrogens with zero attached hydrogens (tertiary/aromatic N) is 1. The Morgan fingerprint density at radius 1 is 1.20 bits per heavy atom. The van der Waals surface area contributed by atoms with Gasteiger partial charge in [0.25, 0.3) is 0 Å². The summed E-state index contributed by atoms with van der Waals surface area (Å²) in [5.74, 6) is 0. The van der Waals surface area contributed by atoms with Gasteiger partial charge >= 0.3 is 0 Å². The Hall–Kier alpha value is -0.720. The van der Waals surface area contributed by atoms with Crippen molar-refractivity contribution in [2.24, 2.45) is 0 Å². The molecule has 0 spiro atoms. The normalized spacial score (nSPS) is 24.8. The van der Waals surface area contributed by atoms with Crippen LogP contribution in [0.2, 0.25) is 0 Å². The van der Waals surface area contributed by atoms with Gasteiger partial charge in [-0.3, -0.25) is 0 Å². The molecule has 1 aromatic rings. The highest BCUT2D eigenvalue weighted by Gasteiger charge is 2.33. The average Bonchev–Trinajstić information content (AvgIpc) is 2.32. The molecule has 0 amide bonds. The lowest BCUT2D eigenvalue weighted by Crippen LogP contribution is -2.44. The van der Waals surface area contributed by atoms with Crippen LogP contribution in [0.5, 0.6) is 0 Å². The third kappa shape index (κ3) is 2.97. The minimum Gasteiger partial charge on any atom is -0.399 e. The van der Waals surface area contributed by atoms with Crippen molar-refractivity contribution in [3.05, 3.63) is 23.3 Å². The first kappa shape index (κ1) is 15.7. The Balaban J connectivity index is 2.45. The maximum Gasteiger partial charge on any atom is 0.243 e. The van der Waals surface area contributed by atoms with Gasteiger partial charge in [-0.25, -0.2) is 8.42 Å². The fourth-order valence-electron chi connectivity index (χ4n) is 2.59. The number of nitrogen functional groups attached to an aromatic ring is 1. The fraction of sp³-hybridized carbons (Fsp3) is 0.571. The summed E-state index contributed by atoms with van der Waals surface area (Å²) < 4.78 is 27.3. The van der Waals surface area contributed by atoms with Gasteiger partial charge in [0, 0.05) is 29.3 Å². The molecule has 0 radical (unpaired) electrons. The third-order valence-corrected chi connectivity index (χ3v) is 6.83. The van der Waals surface area contributed by atoms with Crippen molar-refractivity contribution >= 4 is 27.5 Å². The van der Waals surface area contributed by atoms with Crippen molar-refractivity contribution in [3.8, 4) is 0 Å². The molecule has 112 valence electrons. The maximum atomic E-state index is 12.9. The zero-order valence-corrected chi connectivity index (χ0v) is 14.0. The molecule has 2 N–H and O–H groups in total. The number of hydrogen-bond donors (Lipinski definition) is 1. The predicted molar refractivity (Wildman–Crippen MR) is 85.6 cm³/mol. The molecule has 1 saturated heterocycles. The van der Waals surface area contributed by atoms with E-state index in [1.807, 2.05) is 31.7 Å². The SMILES string of the molecule is Cc1cc(N)cc(S(=O)(=O)N2CC(C)SC(C)C2)c1C. The number of sulfonamides is 1. The Morgan fingerprint density at radius 3 is 2.30 bits per heavy atom. The van der Waals surface area contributed by atoms with Crippen molar-refractivity contribution in [1.29, 1.82) is 0 Å². The second kappa shape index (κ2) is 5.58. The lowest BCUT2D eigenvalue weighted by atomic mass is 10.1. The molecule has 6 heteroatoms. The summed E-state index contributed by atoms with van der Waals surface area (Å²) in [7, 11) is -3.46. The number of nitrogens with two attached hydrogens (primary N) is 1. The monoisotopic (exact) mass is 314 g/mol. The van der Waals surface area contributed by atoms with E-state index in [-0.39, 0.29) is 0 Å². The Morgan fingerprint density at radius 2 is 1.75 bits per heavy atom. The molecule has 0 aliphatic carbocycles. The highest BCUT2D eigenvalue weighted by atomic mass is 32.2. The van der Waals surface area contributed by atoms with Crippen LogP contribution in [0, 0.1) is 13.8 Å². The van der Waals surface area contributed by atoms with E-state index in [4.69, 9.17) is 5.73 Å². The van der Waals surface area contributed by atoms with Gasteiger partial charge in [-0.2, -0.15) is 16.1 Å². The van der Waals surface area contributed by atoms with E-state index in [1.165, 1.54) is 0 Å². The predicted octanol–water partition coefficient (Wildman–Crippen LogP) is 2.40. The second-order valence-electron chi connectivity index (χ2n) is 5.54. The Bertz CT molecular complexity index is 604. The van der Waals surface area contributed by atoms with Crippen molar-refractivity contribution in [1.82, 2.24) is 4.31 Å². The zero-order valence-electron chi connectivity index (χ0n) is 12.4. The van der Waals surface area contributed by atoms with Gasteiger partial charge in [-0.1, -0.05) is 13.8 Å². The molecule has 0 aromatic heterocycles. The second-order valence-corrected chi connectivity index (χ2v) is 9.33. The largest absolute Gasteiger partial charge is 0.399 e. The number of hydrogen-bond acceptors (Lipinski definition) is 4. The van der Waals surface area contributed by atoms with Crippen molar-refractivity contribution in [2.75, 3.05) is 18.8 Å². The molecular formula is C14H22N2O2S2. The van der Waals surface area contributed by atoms with Gasteiger partial charge in [0.15, 0.2) is 0 Å². The molecular weight excluding hydrogens is 292 g/mol. The van der Waals surface area contributed by atoms with Crippen molar-refractivity contribution in [3.63, 3.8) is 0 Å². The zero-order chi connectivity index (χ0) is 15.1.